The van der Waals surface area contributed by atoms with E-state index in [0.29, 0.717) is 11.6 Å². The largest absolute Gasteiger partial charge is 0.409 e. The van der Waals surface area contributed by atoms with Gasteiger partial charge in [-0.15, -0.1) is 0 Å². The van der Waals surface area contributed by atoms with Crippen molar-refractivity contribution in [1.82, 2.24) is 9.97 Å². The van der Waals surface area contributed by atoms with Gasteiger partial charge in [0.2, 0.25) is 5.95 Å². The van der Waals surface area contributed by atoms with Gasteiger partial charge in [-0.25, -0.2) is 9.97 Å². The van der Waals surface area contributed by atoms with E-state index in [9.17, 15) is 0 Å². The zero-order chi connectivity index (χ0) is 12.0. The van der Waals surface area contributed by atoms with Crippen molar-refractivity contribution in [2.24, 2.45) is 10.9 Å². The standard InChI is InChI=1S/C9H15N5OS/c1-14(5-6-16-2)9-11-4-3-7(12-9)8(10)13-15/h3-4,15H,5-6H2,1-2H3,(H2,10,13). The summed E-state index contributed by atoms with van der Waals surface area (Å²) >= 11 is 1.75. The molecule has 6 nitrogen and oxygen atoms in total. The summed E-state index contributed by atoms with van der Waals surface area (Å²) in [5.74, 6) is 1.55. The van der Waals surface area contributed by atoms with Crippen molar-refractivity contribution in [2.75, 3.05) is 30.5 Å². The smallest absolute Gasteiger partial charge is 0.225 e. The minimum absolute atomic E-state index is 0.0121. The fraction of sp³-hybridized carbons (Fsp3) is 0.444. The number of hydrogen-bond acceptors (Lipinski definition) is 6. The molecule has 1 rings (SSSR count). The predicted octanol–water partition coefficient (Wildman–Crippen LogP) is 0.370. The van der Waals surface area contributed by atoms with Gasteiger partial charge in [-0.1, -0.05) is 5.16 Å². The number of nitrogens with zero attached hydrogens (tertiary/aromatic N) is 4. The maximum Gasteiger partial charge on any atom is 0.225 e. The van der Waals surface area contributed by atoms with Gasteiger partial charge in [0.1, 0.15) is 5.69 Å². The zero-order valence-electron chi connectivity index (χ0n) is 9.29. The van der Waals surface area contributed by atoms with Gasteiger partial charge in [0.25, 0.3) is 0 Å². The van der Waals surface area contributed by atoms with E-state index in [1.807, 2.05) is 18.2 Å². The van der Waals surface area contributed by atoms with Gasteiger partial charge >= 0.3 is 0 Å². The Balaban J connectivity index is 2.81. The summed E-state index contributed by atoms with van der Waals surface area (Å²) in [5.41, 5.74) is 5.87. The number of amidine groups is 1. The minimum Gasteiger partial charge on any atom is -0.409 e. The molecule has 0 aromatic carbocycles. The van der Waals surface area contributed by atoms with Crippen molar-refractivity contribution in [1.29, 1.82) is 0 Å². The average molecular weight is 241 g/mol. The van der Waals surface area contributed by atoms with Gasteiger partial charge in [0.15, 0.2) is 5.84 Å². The number of nitrogens with two attached hydrogens (primary N) is 1. The summed E-state index contributed by atoms with van der Waals surface area (Å²) in [6.45, 7) is 0.848. The Morgan fingerprint density at radius 1 is 1.69 bits per heavy atom. The molecule has 0 saturated heterocycles. The first kappa shape index (κ1) is 12.6. The fourth-order valence-corrected chi connectivity index (χ4v) is 1.51. The first-order valence-corrected chi connectivity index (χ1v) is 6.09. The van der Waals surface area contributed by atoms with Crippen LogP contribution in [-0.4, -0.2) is 46.6 Å². The molecule has 3 N–H and O–H groups in total. The molecule has 0 amide bonds. The van der Waals surface area contributed by atoms with E-state index in [-0.39, 0.29) is 5.84 Å². The van der Waals surface area contributed by atoms with E-state index < -0.39 is 0 Å². The third-order valence-electron chi connectivity index (χ3n) is 1.99. The second-order valence-electron chi connectivity index (χ2n) is 3.14. The van der Waals surface area contributed by atoms with Crippen molar-refractivity contribution in [3.8, 4) is 0 Å². The quantitative estimate of drug-likeness (QED) is 0.335. The van der Waals surface area contributed by atoms with Crippen LogP contribution in [0.4, 0.5) is 5.95 Å². The first-order chi connectivity index (χ1) is 7.69. The Morgan fingerprint density at radius 3 is 3.06 bits per heavy atom. The summed E-state index contributed by atoms with van der Waals surface area (Å²) in [4.78, 5) is 10.2. The molecule has 0 unspecified atom stereocenters. The highest BCUT2D eigenvalue weighted by Gasteiger charge is 2.07. The van der Waals surface area contributed by atoms with Crippen LogP contribution in [0.15, 0.2) is 17.4 Å². The van der Waals surface area contributed by atoms with Crippen molar-refractivity contribution >= 4 is 23.5 Å². The summed E-state index contributed by atoms with van der Waals surface area (Å²) in [7, 11) is 1.90. The van der Waals surface area contributed by atoms with Gasteiger partial charge < -0.3 is 15.8 Å². The van der Waals surface area contributed by atoms with Crippen molar-refractivity contribution in [3.63, 3.8) is 0 Å². The van der Waals surface area contributed by atoms with Crippen LogP contribution in [0.2, 0.25) is 0 Å². The van der Waals surface area contributed by atoms with E-state index in [2.05, 4.69) is 15.1 Å². The van der Waals surface area contributed by atoms with Crippen LogP contribution in [0.25, 0.3) is 0 Å². The number of aromatic nitrogens is 2. The Hall–Kier alpha value is -1.50. The average Bonchev–Trinajstić information content (AvgIpc) is 2.35. The molecule has 1 aromatic heterocycles. The van der Waals surface area contributed by atoms with Gasteiger partial charge in [-0.05, 0) is 12.3 Å². The van der Waals surface area contributed by atoms with E-state index in [1.165, 1.54) is 0 Å². The number of oxime groups is 1. The molecule has 1 aromatic rings. The topological polar surface area (TPSA) is 87.6 Å². The predicted molar refractivity (Wildman–Crippen MR) is 66.2 cm³/mol. The van der Waals surface area contributed by atoms with Gasteiger partial charge in [-0.2, -0.15) is 11.8 Å². The monoisotopic (exact) mass is 241 g/mol. The molecular weight excluding hydrogens is 226 g/mol. The number of thioether (sulfide) groups is 1. The molecule has 0 aliphatic heterocycles. The maximum absolute atomic E-state index is 8.54. The van der Waals surface area contributed by atoms with Crippen molar-refractivity contribution in [3.05, 3.63) is 18.0 Å². The molecule has 1 heterocycles. The summed E-state index contributed by atoms with van der Waals surface area (Å²) < 4.78 is 0. The number of hydrogen-bond donors (Lipinski definition) is 2. The van der Waals surface area contributed by atoms with Crippen molar-refractivity contribution in [2.45, 2.75) is 0 Å². The summed E-state index contributed by atoms with van der Waals surface area (Å²) in [6.07, 6.45) is 3.63. The maximum atomic E-state index is 8.54. The second-order valence-corrected chi connectivity index (χ2v) is 4.13. The van der Waals surface area contributed by atoms with Gasteiger partial charge in [-0.3, -0.25) is 0 Å². The molecule has 88 valence electrons. The minimum atomic E-state index is -0.0121. The Kier molecular flexibility index (Phi) is 4.84. The SMILES string of the molecule is CSCCN(C)c1nccc(/C(N)=N/O)n1. The fourth-order valence-electron chi connectivity index (χ4n) is 1.05. The Bertz CT molecular complexity index is 371. The first-order valence-electron chi connectivity index (χ1n) is 4.70. The Labute approximate surface area is 98.6 Å². The van der Waals surface area contributed by atoms with Crippen LogP contribution in [-0.2, 0) is 0 Å². The van der Waals surface area contributed by atoms with E-state index in [1.54, 1.807) is 24.0 Å². The lowest BCUT2D eigenvalue weighted by atomic mass is 10.4. The number of anilines is 1. The highest BCUT2D eigenvalue weighted by Crippen LogP contribution is 2.06. The summed E-state index contributed by atoms with van der Waals surface area (Å²) in [5, 5.41) is 11.4. The van der Waals surface area contributed by atoms with Crippen LogP contribution in [0.1, 0.15) is 5.69 Å². The molecule has 0 fully saturated rings. The normalized spacial score (nSPS) is 11.5. The van der Waals surface area contributed by atoms with E-state index >= 15 is 0 Å². The molecule has 0 aliphatic carbocycles. The number of rotatable bonds is 5. The molecule has 0 spiro atoms. The van der Waals surface area contributed by atoms with Crippen molar-refractivity contribution < 1.29 is 5.21 Å². The van der Waals surface area contributed by atoms with Gasteiger partial charge in [0.05, 0.1) is 0 Å². The highest BCUT2D eigenvalue weighted by molar-refractivity contribution is 7.98. The van der Waals surface area contributed by atoms with E-state index in [0.717, 1.165) is 12.3 Å². The zero-order valence-corrected chi connectivity index (χ0v) is 10.1. The lowest BCUT2D eigenvalue weighted by molar-refractivity contribution is 0.318. The van der Waals surface area contributed by atoms with Gasteiger partial charge in [0, 0.05) is 25.5 Å². The molecular formula is C9H15N5OS. The van der Waals surface area contributed by atoms with Crippen LogP contribution in [0.3, 0.4) is 0 Å². The summed E-state index contributed by atoms with van der Waals surface area (Å²) in [6, 6.07) is 1.60. The molecule has 16 heavy (non-hydrogen) atoms. The molecule has 0 atom stereocenters. The lowest BCUT2D eigenvalue weighted by Gasteiger charge is -2.16. The van der Waals surface area contributed by atoms with Crippen LogP contribution in [0, 0.1) is 0 Å². The Morgan fingerprint density at radius 2 is 2.44 bits per heavy atom. The molecule has 0 radical (unpaired) electrons. The molecule has 0 bridgehead atoms. The molecule has 7 heteroatoms. The molecule has 0 aliphatic rings. The highest BCUT2D eigenvalue weighted by atomic mass is 32.2. The van der Waals surface area contributed by atoms with E-state index in [4.69, 9.17) is 10.9 Å². The molecule has 0 saturated carbocycles. The van der Waals surface area contributed by atoms with Crippen LogP contribution in [0.5, 0.6) is 0 Å². The lowest BCUT2D eigenvalue weighted by Crippen LogP contribution is -2.24. The third kappa shape index (κ3) is 3.27. The van der Waals surface area contributed by atoms with Crippen LogP contribution >= 0.6 is 11.8 Å². The second kappa shape index (κ2) is 6.16. The third-order valence-corrected chi connectivity index (χ3v) is 2.58. The van der Waals surface area contributed by atoms with Crippen LogP contribution < -0.4 is 10.6 Å².